The third-order valence-corrected chi connectivity index (χ3v) is 4.68. The number of alkyl carbamates (subject to hydrolysis) is 1. The summed E-state index contributed by atoms with van der Waals surface area (Å²) in [5, 5.41) is 8.60. The van der Waals surface area contributed by atoms with E-state index in [1.165, 1.54) is 0 Å². The van der Waals surface area contributed by atoms with Crippen LogP contribution in [0, 0.1) is 0 Å². The topological polar surface area (TPSA) is 89.0 Å². The zero-order chi connectivity index (χ0) is 22.1. The Hall–Kier alpha value is -3.87. The number of rotatable bonds is 8. The van der Waals surface area contributed by atoms with Gasteiger partial charge in [-0.1, -0.05) is 54.6 Å². The first kappa shape index (κ1) is 21.8. The highest BCUT2D eigenvalue weighted by atomic mass is 16.5. The molecule has 0 heterocycles. The van der Waals surface area contributed by atoms with E-state index in [0.717, 1.165) is 27.6 Å². The van der Waals surface area contributed by atoms with Crippen LogP contribution >= 0.6 is 0 Å². The lowest BCUT2D eigenvalue weighted by Crippen LogP contribution is -2.47. The summed E-state index contributed by atoms with van der Waals surface area (Å²) in [5.41, 5.74) is 4.26. The molecule has 0 spiro atoms. The molecule has 0 aliphatic rings. The Labute approximate surface area is 181 Å². The van der Waals surface area contributed by atoms with Crippen molar-refractivity contribution in [2.45, 2.75) is 19.4 Å². The van der Waals surface area contributed by atoms with Crippen LogP contribution in [-0.4, -0.2) is 38.0 Å². The molecular weight excluding hydrogens is 394 g/mol. The molecule has 2 amide bonds. The Balaban J connectivity index is 1.74. The molecule has 3 rings (SSSR count). The largest absolute Gasteiger partial charge is 0.496 e. The minimum Gasteiger partial charge on any atom is -0.496 e. The summed E-state index contributed by atoms with van der Waals surface area (Å²) in [6, 6.07) is 20.1. The van der Waals surface area contributed by atoms with Gasteiger partial charge in [-0.2, -0.15) is 5.10 Å². The summed E-state index contributed by atoms with van der Waals surface area (Å²) in [5.74, 6) is 0.323. The van der Waals surface area contributed by atoms with Crippen molar-refractivity contribution in [3.8, 4) is 5.75 Å². The average Bonchev–Trinajstić information content (AvgIpc) is 2.79. The summed E-state index contributed by atoms with van der Waals surface area (Å²) >= 11 is 0. The van der Waals surface area contributed by atoms with Crippen molar-refractivity contribution in [3.05, 3.63) is 77.9 Å². The predicted octanol–water partition coefficient (Wildman–Crippen LogP) is 3.66. The van der Waals surface area contributed by atoms with Crippen LogP contribution in [0.4, 0.5) is 4.79 Å². The van der Waals surface area contributed by atoms with Crippen LogP contribution in [0.15, 0.2) is 71.8 Å². The van der Waals surface area contributed by atoms with Gasteiger partial charge in [0.25, 0.3) is 5.91 Å². The fourth-order valence-corrected chi connectivity index (χ4v) is 3.20. The zero-order valence-electron chi connectivity index (χ0n) is 17.5. The number of carbonyl (C=O) groups is 2. The zero-order valence-corrected chi connectivity index (χ0v) is 17.5. The number of nitrogens with zero attached hydrogens (tertiary/aromatic N) is 1. The molecule has 0 fully saturated rings. The molecule has 31 heavy (non-hydrogen) atoms. The van der Waals surface area contributed by atoms with Gasteiger partial charge in [0.15, 0.2) is 0 Å². The Morgan fingerprint density at radius 3 is 2.42 bits per heavy atom. The monoisotopic (exact) mass is 419 g/mol. The van der Waals surface area contributed by atoms with E-state index in [-0.39, 0.29) is 6.61 Å². The van der Waals surface area contributed by atoms with Crippen molar-refractivity contribution in [3.63, 3.8) is 0 Å². The highest BCUT2D eigenvalue weighted by Gasteiger charge is 2.21. The summed E-state index contributed by atoms with van der Waals surface area (Å²) in [6.07, 6.45) is 1.24. The molecule has 160 valence electrons. The van der Waals surface area contributed by atoms with Gasteiger partial charge in [-0.25, -0.2) is 10.2 Å². The average molecular weight is 419 g/mol. The molecule has 7 heteroatoms. The van der Waals surface area contributed by atoms with E-state index in [2.05, 4.69) is 15.8 Å². The summed E-state index contributed by atoms with van der Waals surface area (Å²) in [6.45, 7) is 1.92. The number of fused-ring (bicyclic) bond motifs is 1. The van der Waals surface area contributed by atoms with Gasteiger partial charge >= 0.3 is 6.09 Å². The second-order valence-electron chi connectivity index (χ2n) is 6.74. The van der Waals surface area contributed by atoms with Gasteiger partial charge in [-0.05, 0) is 30.0 Å². The minimum absolute atomic E-state index is 0.216. The van der Waals surface area contributed by atoms with Crippen molar-refractivity contribution < 1.29 is 19.1 Å². The predicted molar refractivity (Wildman–Crippen MR) is 120 cm³/mol. The molecule has 0 bridgehead atoms. The van der Waals surface area contributed by atoms with Crippen LogP contribution in [0.2, 0.25) is 0 Å². The van der Waals surface area contributed by atoms with E-state index in [1.807, 2.05) is 66.7 Å². The van der Waals surface area contributed by atoms with Crippen LogP contribution in [0.3, 0.4) is 0 Å². The summed E-state index contributed by atoms with van der Waals surface area (Å²) < 4.78 is 10.3. The number of nitrogens with one attached hydrogen (secondary N) is 2. The van der Waals surface area contributed by atoms with Crippen LogP contribution in [0.25, 0.3) is 10.8 Å². The standard InChI is InChI=1S/C24H25N3O4/c1-3-31-24(29)26-21(15-17-9-5-4-6-10-17)23(28)27-25-16-18-13-14-22(30-2)20-12-8-7-11-19(18)20/h4-14,16,21H,3,15H2,1-2H3,(H,26,29)(H,27,28)/b25-16-/t21-/m0/s1. The van der Waals surface area contributed by atoms with Crippen LogP contribution in [0.1, 0.15) is 18.1 Å². The lowest BCUT2D eigenvalue weighted by atomic mass is 10.0. The molecule has 7 nitrogen and oxygen atoms in total. The number of hydrazone groups is 1. The molecule has 0 aliphatic heterocycles. The Bertz CT molecular complexity index is 1070. The number of methoxy groups -OCH3 is 1. The number of benzene rings is 3. The maximum Gasteiger partial charge on any atom is 0.407 e. The van der Waals surface area contributed by atoms with E-state index in [4.69, 9.17) is 9.47 Å². The lowest BCUT2D eigenvalue weighted by molar-refractivity contribution is -0.123. The Kier molecular flexibility index (Phi) is 7.59. The highest BCUT2D eigenvalue weighted by molar-refractivity contribution is 6.02. The van der Waals surface area contributed by atoms with E-state index in [9.17, 15) is 9.59 Å². The van der Waals surface area contributed by atoms with Gasteiger partial charge in [0.05, 0.1) is 19.9 Å². The van der Waals surface area contributed by atoms with E-state index in [0.29, 0.717) is 6.42 Å². The molecule has 0 unspecified atom stereocenters. The van der Waals surface area contributed by atoms with Gasteiger partial charge in [0, 0.05) is 17.4 Å². The molecule has 0 saturated carbocycles. The van der Waals surface area contributed by atoms with Gasteiger partial charge < -0.3 is 14.8 Å². The van der Waals surface area contributed by atoms with Crippen molar-refractivity contribution in [1.82, 2.24) is 10.7 Å². The maximum absolute atomic E-state index is 12.7. The van der Waals surface area contributed by atoms with Crippen LogP contribution in [0.5, 0.6) is 5.75 Å². The fraction of sp³-hybridized carbons (Fsp3) is 0.208. The number of ether oxygens (including phenoxy) is 2. The van der Waals surface area contributed by atoms with Crippen molar-refractivity contribution in [2.24, 2.45) is 5.10 Å². The maximum atomic E-state index is 12.7. The smallest absolute Gasteiger partial charge is 0.407 e. The first-order chi connectivity index (χ1) is 15.1. The molecule has 0 aliphatic carbocycles. The van der Waals surface area contributed by atoms with E-state index >= 15 is 0 Å². The second kappa shape index (κ2) is 10.8. The third-order valence-electron chi connectivity index (χ3n) is 4.68. The Morgan fingerprint density at radius 1 is 1.00 bits per heavy atom. The van der Waals surface area contributed by atoms with E-state index in [1.54, 1.807) is 20.2 Å². The molecule has 2 N–H and O–H groups in total. The molecular formula is C24H25N3O4. The molecule has 0 aromatic heterocycles. The number of hydrogen-bond acceptors (Lipinski definition) is 5. The molecule has 1 atom stereocenters. The molecule has 0 saturated heterocycles. The first-order valence-electron chi connectivity index (χ1n) is 9.98. The van der Waals surface area contributed by atoms with Crippen molar-refractivity contribution in [2.75, 3.05) is 13.7 Å². The number of amides is 2. The molecule has 3 aromatic carbocycles. The number of hydrogen-bond donors (Lipinski definition) is 2. The molecule has 0 radical (unpaired) electrons. The Morgan fingerprint density at radius 2 is 1.71 bits per heavy atom. The van der Waals surface area contributed by atoms with E-state index < -0.39 is 18.0 Å². The fourth-order valence-electron chi connectivity index (χ4n) is 3.20. The summed E-state index contributed by atoms with van der Waals surface area (Å²) in [7, 11) is 1.62. The normalized spacial score (nSPS) is 11.8. The van der Waals surface area contributed by atoms with Crippen LogP contribution < -0.4 is 15.5 Å². The number of carbonyl (C=O) groups excluding carboxylic acids is 2. The van der Waals surface area contributed by atoms with Gasteiger partial charge in [0.1, 0.15) is 11.8 Å². The van der Waals surface area contributed by atoms with Crippen molar-refractivity contribution >= 4 is 29.0 Å². The van der Waals surface area contributed by atoms with Gasteiger partial charge in [0.2, 0.25) is 0 Å². The van der Waals surface area contributed by atoms with Crippen LogP contribution in [-0.2, 0) is 16.0 Å². The second-order valence-corrected chi connectivity index (χ2v) is 6.74. The van der Waals surface area contributed by atoms with Gasteiger partial charge in [-0.3, -0.25) is 4.79 Å². The quantitative estimate of drug-likeness (QED) is 0.431. The summed E-state index contributed by atoms with van der Waals surface area (Å²) in [4.78, 5) is 24.6. The SMILES string of the molecule is CCOC(=O)N[C@@H](Cc1ccccc1)C(=O)N/N=C\c1ccc(OC)c2ccccc12. The van der Waals surface area contributed by atoms with Crippen molar-refractivity contribution in [1.29, 1.82) is 0 Å². The first-order valence-corrected chi connectivity index (χ1v) is 9.98. The third kappa shape index (κ3) is 5.82. The van der Waals surface area contributed by atoms with Gasteiger partial charge in [-0.15, -0.1) is 0 Å². The lowest BCUT2D eigenvalue weighted by Gasteiger charge is -2.17. The minimum atomic E-state index is -0.828. The highest BCUT2D eigenvalue weighted by Crippen LogP contribution is 2.27. The molecule has 3 aromatic rings.